The van der Waals surface area contributed by atoms with Gasteiger partial charge in [-0.05, 0) is 29.8 Å². The molecule has 0 unspecified atom stereocenters. The third-order valence-electron chi connectivity index (χ3n) is 3.63. The Morgan fingerprint density at radius 3 is 2.45 bits per heavy atom. The van der Waals surface area contributed by atoms with Gasteiger partial charge in [-0.25, -0.2) is 12.8 Å². The summed E-state index contributed by atoms with van der Waals surface area (Å²) in [7, 11) is -3.47. The summed E-state index contributed by atoms with van der Waals surface area (Å²) >= 11 is 0. The van der Waals surface area contributed by atoms with E-state index in [4.69, 9.17) is 0 Å². The van der Waals surface area contributed by atoms with Crippen LogP contribution in [0, 0.1) is 5.82 Å². The van der Waals surface area contributed by atoms with Crippen LogP contribution >= 0.6 is 0 Å². The molecule has 0 aliphatic carbocycles. The van der Waals surface area contributed by atoms with Crippen molar-refractivity contribution in [1.29, 1.82) is 0 Å². The van der Waals surface area contributed by atoms with E-state index in [1.807, 2.05) is 0 Å². The highest BCUT2D eigenvalue weighted by Crippen LogP contribution is 2.31. The largest absolute Gasteiger partial charge is 0.307 e. The van der Waals surface area contributed by atoms with E-state index in [1.165, 1.54) is 23.1 Å². The van der Waals surface area contributed by atoms with Gasteiger partial charge in [0, 0.05) is 6.42 Å². The van der Waals surface area contributed by atoms with Crippen molar-refractivity contribution in [3.05, 3.63) is 59.9 Å². The lowest BCUT2D eigenvalue weighted by Gasteiger charge is -2.22. The van der Waals surface area contributed by atoms with Crippen LogP contribution in [0.5, 0.6) is 0 Å². The number of benzene rings is 2. The molecule has 0 atom stereocenters. The number of hydrogen-bond acceptors (Lipinski definition) is 3. The summed E-state index contributed by atoms with van der Waals surface area (Å²) in [6.07, 6.45) is -0.0573. The van der Waals surface area contributed by atoms with E-state index >= 15 is 0 Å². The Bertz CT molecular complexity index is 816. The zero-order chi connectivity index (χ0) is 15.7. The molecular weight excluding hydrogens is 305 g/mol. The van der Waals surface area contributed by atoms with Crippen molar-refractivity contribution < 1.29 is 17.6 Å². The molecule has 0 bridgehead atoms. The minimum Gasteiger partial charge on any atom is -0.307 e. The number of rotatable bonds is 2. The predicted octanol–water partition coefficient (Wildman–Crippen LogP) is 2.54. The van der Waals surface area contributed by atoms with Crippen LogP contribution in [-0.4, -0.2) is 20.1 Å². The van der Waals surface area contributed by atoms with Gasteiger partial charge in [-0.2, -0.15) is 0 Å². The average molecular weight is 319 g/mol. The minimum absolute atomic E-state index is 0.0573. The summed E-state index contributed by atoms with van der Waals surface area (Å²) in [4.78, 5) is 13.9. The van der Waals surface area contributed by atoms with Crippen molar-refractivity contribution in [1.82, 2.24) is 0 Å². The van der Waals surface area contributed by atoms with Crippen LogP contribution in [0.3, 0.4) is 0 Å². The predicted molar refractivity (Wildman–Crippen MR) is 80.7 cm³/mol. The topological polar surface area (TPSA) is 54.5 Å². The zero-order valence-corrected chi connectivity index (χ0v) is 12.5. The average Bonchev–Trinajstić information content (AvgIpc) is 2.60. The number of carbonyl (C=O) groups excluding carboxylic acids is 1. The van der Waals surface area contributed by atoms with Crippen LogP contribution in [0.1, 0.15) is 12.0 Å². The number of sulfone groups is 1. The Hall–Kier alpha value is -2.21. The number of para-hydroxylation sites is 1. The molecule has 3 rings (SSSR count). The van der Waals surface area contributed by atoms with Gasteiger partial charge in [0.15, 0.2) is 9.84 Å². The van der Waals surface area contributed by atoms with E-state index in [0.29, 0.717) is 5.69 Å². The van der Waals surface area contributed by atoms with E-state index in [1.54, 1.807) is 30.3 Å². The normalized spacial score (nSPS) is 17.0. The van der Waals surface area contributed by atoms with Crippen molar-refractivity contribution in [3.63, 3.8) is 0 Å². The Morgan fingerprint density at radius 1 is 1.05 bits per heavy atom. The molecule has 1 aliphatic heterocycles. The number of halogens is 1. The third-order valence-corrected chi connectivity index (χ3v) is 5.39. The van der Waals surface area contributed by atoms with Crippen molar-refractivity contribution in [2.45, 2.75) is 17.9 Å². The van der Waals surface area contributed by atoms with E-state index in [9.17, 15) is 17.6 Å². The first-order chi connectivity index (χ1) is 10.5. The molecule has 1 aliphatic rings. The van der Waals surface area contributed by atoms with Gasteiger partial charge in [0.25, 0.3) is 0 Å². The standard InChI is InChI=1S/C16H14FNO3S/c17-13-7-5-12(6-8-13)11-18-14-3-1-2-4-15(14)22(20,21)10-9-16(18)19/h1-8H,9-11H2. The minimum atomic E-state index is -3.47. The van der Waals surface area contributed by atoms with Crippen LogP contribution < -0.4 is 4.90 Å². The summed E-state index contributed by atoms with van der Waals surface area (Å²) in [6.45, 7) is 0.214. The fourth-order valence-electron chi connectivity index (χ4n) is 2.49. The van der Waals surface area contributed by atoms with Crippen LogP contribution in [0.15, 0.2) is 53.4 Å². The van der Waals surface area contributed by atoms with Crippen LogP contribution in [0.25, 0.3) is 0 Å². The van der Waals surface area contributed by atoms with Gasteiger partial charge < -0.3 is 4.90 Å². The Balaban J connectivity index is 2.05. The maximum Gasteiger partial charge on any atom is 0.228 e. The second-order valence-electron chi connectivity index (χ2n) is 5.14. The number of amides is 1. The highest BCUT2D eigenvalue weighted by molar-refractivity contribution is 7.91. The number of nitrogens with zero attached hydrogens (tertiary/aromatic N) is 1. The van der Waals surface area contributed by atoms with Crippen molar-refractivity contribution in [2.75, 3.05) is 10.7 Å². The maximum atomic E-state index is 13.0. The molecule has 0 radical (unpaired) electrons. The third kappa shape index (κ3) is 2.74. The van der Waals surface area contributed by atoms with Crippen LogP contribution in [0.4, 0.5) is 10.1 Å². The molecule has 1 heterocycles. The number of carbonyl (C=O) groups is 1. The first-order valence-electron chi connectivity index (χ1n) is 6.84. The van der Waals surface area contributed by atoms with Gasteiger partial charge in [-0.3, -0.25) is 4.79 Å². The summed E-state index contributed by atoms with van der Waals surface area (Å²) < 4.78 is 37.5. The zero-order valence-electron chi connectivity index (χ0n) is 11.7. The van der Waals surface area contributed by atoms with Gasteiger partial charge in [0.05, 0.1) is 22.9 Å². The quantitative estimate of drug-likeness (QED) is 0.855. The molecule has 22 heavy (non-hydrogen) atoms. The van der Waals surface area contributed by atoms with E-state index in [0.717, 1.165) is 5.56 Å². The van der Waals surface area contributed by atoms with Crippen LogP contribution in [-0.2, 0) is 21.2 Å². The van der Waals surface area contributed by atoms with E-state index in [-0.39, 0.29) is 35.3 Å². The first-order valence-corrected chi connectivity index (χ1v) is 8.49. The smallest absolute Gasteiger partial charge is 0.228 e. The lowest BCUT2D eigenvalue weighted by atomic mass is 10.2. The number of fused-ring (bicyclic) bond motifs is 1. The molecule has 0 fully saturated rings. The molecule has 0 N–H and O–H groups in total. The Labute approximate surface area is 128 Å². The molecule has 4 nitrogen and oxygen atoms in total. The van der Waals surface area contributed by atoms with Crippen molar-refractivity contribution in [3.8, 4) is 0 Å². The number of hydrogen-bond donors (Lipinski definition) is 0. The highest BCUT2D eigenvalue weighted by atomic mass is 32.2. The lowest BCUT2D eigenvalue weighted by Crippen LogP contribution is -2.29. The first kappa shape index (κ1) is 14.7. The molecule has 6 heteroatoms. The molecule has 2 aromatic carbocycles. The van der Waals surface area contributed by atoms with Crippen molar-refractivity contribution in [2.24, 2.45) is 0 Å². The van der Waals surface area contributed by atoms with Crippen LogP contribution in [0.2, 0.25) is 0 Å². The molecule has 0 aromatic heterocycles. The molecule has 1 amide bonds. The van der Waals surface area contributed by atoms with E-state index in [2.05, 4.69) is 0 Å². The maximum absolute atomic E-state index is 13.0. The van der Waals surface area contributed by atoms with Gasteiger partial charge in [0.2, 0.25) is 5.91 Å². The van der Waals surface area contributed by atoms with Gasteiger partial charge in [0.1, 0.15) is 5.82 Å². The molecule has 0 saturated carbocycles. The Kier molecular flexibility index (Phi) is 3.70. The molecule has 0 spiro atoms. The molecule has 114 valence electrons. The molecular formula is C16H14FNO3S. The highest BCUT2D eigenvalue weighted by Gasteiger charge is 2.30. The number of anilines is 1. The summed E-state index contributed by atoms with van der Waals surface area (Å²) in [5.41, 5.74) is 1.12. The SMILES string of the molecule is O=C1CCS(=O)(=O)c2ccccc2N1Cc1ccc(F)cc1. The molecule has 2 aromatic rings. The fraction of sp³-hybridized carbons (Fsp3) is 0.188. The lowest BCUT2D eigenvalue weighted by molar-refractivity contribution is -0.118. The monoisotopic (exact) mass is 319 g/mol. The van der Waals surface area contributed by atoms with Gasteiger partial charge in [-0.1, -0.05) is 24.3 Å². The summed E-state index contributed by atoms with van der Waals surface area (Å²) in [5, 5.41) is 0. The van der Waals surface area contributed by atoms with E-state index < -0.39 is 9.84 Å². The van der Waals surface area contributed by atoms with Gasteiger partial charge in [-0.15, -0.1) is 0 Å². The van der Waals surface area contributed by atoms with Crippen molar-refractivity contribution >= 4 is 21.4 Å². The summed E-state index contributed by atoms with van der Waals surface area (Å²) in [6, 6.07) is 12.3. The fourth-order valence-corrected chi connectivity index (χ4v) is 3.94. The molecule has 0 saturated heterocycles. The Morgan fingerprint density at radius 2 is 1.73 bits per heavy atom. The second-order valence-corrected chi connectivity index (χ2v) is 7.22. The second kappa shape index (κ2) is 5.53. The van der Waals surface area contributed by atoms with Gasteiger partial charge >= 0.3 is 0 Å². The summed E-state index contributed by atoms with van der Waals surface area (Å²) in [5.74, 6) is -0.797.